The first kappa shape index (κ1) is 13.9. The lowest BCUT2D eigenvalue weighted by molar-refractivity contribution is 0.295. The van der Waals surface area contributed by atoms with E-state index in [1.165, 1.54) is 16.5 Å². The second-order valence-electron chi connectivity index (χ2n) is 4.56. The monoisotopic (exact) mass is 356 g/mol. The van der Waals surface area contributed by atoms with Crippen LogP contribution < -0.4 is 4.74 Å². The maximum atomic E-state index is 13.6. The van der Waals surface area contributed by atoms with Crippen molar-refractivity contribution >= 4 is 27.7 Å². The fourth-order valence-electron chi connectivity index (χ4n) is 2.17. The molecule has 2 aromatic rings. The zero-order valence-corrected chi connectivity index (χ0v) is 12.8. The first-order valence-electron chi connectivity index (χ1n) is 6.15. The summed E-state index contributed by atoms with van der Waals surface area (Å²) in [6.07, 6.45) is 0.888. The van der Waals surface area contributed by atoms with Crippen LogP contribution in [0.3, 0.4) is 0 Å². The Bertz CT molecular complexity index is 623. The second kappa shape index (κ2) is 5.74. The van der Waals surface area contributed by atoms with Gasteiger partial charge >= 0.3 is 0 Å². The molecule has 0 spiro atoms. The Kier molecular flexibility index (Phi) is 3.98. The van der Waals surface area contributed by atoms with Gasteiger partial charge in [-0.3, -0.25) is 0 Å². The van der Waals surface area contributed by atoms with Gasteiger partial charge in [-0.15, -0.1) is 11.8 Å². The molecule has 0 aromatic heterocycles. The number of rotatable bonds is 3. The summed E-state index contributed by atoms with van der Waals surface area (Å²) in [7, 11) is 0. The Hall–Kier alpha value is -1.07. The molecule has 104 valence electrons. The molecule has 1 aliphatic heterocycles. The van der Waals surface area contributed by atoms with Crippen molar-refractivity contribution in [2.75, 3.05) is 6.61 Å². The zero-order valence-electron chi connectivity index (χ0n) is 10.4. The smallest absolute Gasteiger partial charge is 0.200 e. The van der Waals surface area contributed by atoms with Gasteiger partial charge in [0.25, 0.3) is 0 Å². The summed E-state index contributed by atoms with van der Waals surface area (Å²) in [4.78, 5) is 1.24. The van der Waals surface area contributed by atoms with Crippen molar-refractivity contribution in [1.82, 2.24) is 0 Å². The summed E-state index contributed by atoms with van der Waals surface area (Å²) in [6, 6.07) is 10.7. The molecule has 0 radical (unpaired) electrons. The largest absolute Gasteiger partial charge is 0.489 e. The van der Waals surface area contributed by atoms with E-state index in [-0.39, 0.29) is 11.0 Å². The number of benzene rings is 2. The van der Waals surface area contributed by atoms with E-state index in [0.29, 0.717) is 11.1 Å². The normalized spacial score (nSPS) is 17.1. The molecule has 1 unspecified atom stereocenters. The van der Waals surface area contributed by atoms with Crippen LogP contribution in [0.5, 0.6) is 5.75 Å². The van der Waals surface area contributed by atoms with Gasteiger partial charge in [-0.05, 0) is 30.2 Å². The van der Waals surface area contributed by atoms with Gasteiger partial charge in [-0.1, -0.05) is 34.1 Å². The van der Waals surface area contributed by atoms with Crippen LogP contribution in [0, 0.1) is 11.6 Å². The van der Waals surface area contributed by atoms with Crippen LogP contribution in [-0.4, -0.2) is 11.9 Å². The van der Waals surface area contributed by atoms with Gasteiger partial charge in [-0.25, -0.2) is 4.39 Å². The lowest BCUT2D eigenvalue weighted by Crippen LogP contribution is -2.14. The maximum absolute atomic E-state index is 13.6. The van der Waals surface area contributed by atoms with Crippen molar-refractivity contribution in [1.29, 1.82) is 0 Å². The van der Waals surface area contributed by atoms with Crippen molar-refractivity contribution < 1.29 is 13.5 Å². The summed E-state index contributed by atoms with van der Waals surface area (Å²) in [5.74, 6) is -1.89. The second-order valence-corrected chi connectivity index (χ2v) is 6.82. The van der Waals surface area contributed by atoms with Crippen molar-refractivity contribution in [2.45, 2.75) is 16.6 Å². The average Bonchev–Trinajstić information content (AvgIpc) is 2.84. The van der Waals surface area contributed by atoms with Crippen LogP contribution in [0.4, 0.5) is 8.78 Å². The summed E-state index contributed by atoms with van der Waals surface area (Å²) >= 11 is 4.85. The molecule has 0 bridgehead atoms. The van der Waals surface area contributed by atoms with Crippen molar-refractivity contribution in [3.05, 3.63) is 58.1 Å². The van der Waals surface area contributed by atoms with Crippen molar-refractivity contribution in [2.24, 2.45) is 0 Å². The third kappa shape index (κ3) is 2.83. The lowest BCUT2D eigenvalue weighted by atomic mass is 10.1. The zero-order chi connectivity index (χ0) is 14.1. The number of hydrogen-bond donors (Lipinski definition) is 0. The summed E-state index contributed by atoms with van der Waals surface area (Å²) in [6.45, 7) is 0.353. The first-order chi connectivity index (χ1) is 9.63. The molecule has 20 heavy (non-hydrogen) atoms. The van der Waals surface area contributed by atoms with E-state index in [2.05, 4.69) is 28.1 Å². The Balaban J connectivity index is 1.67. The molecule has 0 aliphatic carbocycles. The van der Waals surface area contributed by atoms with Crippen LogP contribution in [0.25, 0.3) is 0 Å². The van der Waals surface area contributed by atoms with Crippen LogP contribution in [0.2, 0.25) is 0 Å². The Morgan fingerprint density at radius 2 is 2.05 bits per heavy atom. The standard InChI is InChI=1S/C15H11BrF2OS/c16-10-6-12(17)15(18)13(7-10)19-8-11-5-9-3-1-2-4-14(9)20-11/h1-4,6-7,11H,5,8H2. The van der Waals surface area contributed by atoms with Crippen LogP contribution in [0.1, 0.15) is 5.56 Å². The van der Waals surface area contributed by atoms with Crippen molar-refractivity contribution in [3.63, 3.8) is 0 Å². The Morgan fingerprint density at radius 1 is 1.25 bits per heavy atom. The third-order valence-corrected chi connectivity index (χ3v) is 4.84. The quantitative estimate of drug-likeness (QED) is 0.729. The number of thioether (sulfide) groups is 1. The minimum absolute atomic E-state index is 0.0477. The predicted octanol–water partition coefficient (Wildman–Crippen LogP) is 4.82. The van der Waals surface area contributed by atoms with Crippen molar-refractivity contribution in [3.8, 4) is 5.75 Å². The summed E-state index contributed by atoms with van der Waals surface area (Å²) < 4.78 is 32.8. The van der Waals surface area contributed by atoms with E-state index in [9.17, 15) is 8.78 Å². The molecule has 1 nitrogen and oxygen atoms in total. The highest BCUT2D eigenvalue weighted by molar-refractivity contribution is 9.10. The van der Waals surface area contributed by atoms with E-state index in [1.54, 1.807) is 11.8 Å². The van der Waals surface area contributed by atoms with E-state index >= 15 is 0 Å². The van der Waals surface area contributed by atoms with Gasteiger partial charge in [0.2, 0.25) is 5.82 Å². The van der Waals surface area contributed by atoms with E-state index in [1.807, 2.05) is 12.1 Å². The summed E-state index contributed by atoms with van der Waals surface area (Å²) in [5.41, 5.74) is 1.28. The number of ether oxygens (including phenoxy) is 1. The molecule has 0 fully saturated rings. The number of halogens is 3. The minimum Gasteiger partial charge on any atom is -0.489 e. The van der Waals surface area contributed by atoms with Gasteiger partial charge in [0.1, 0.15) is 6.61 Å². The molecule has 2 aromatic carbocycles. The molecule has 0 saturated carbocycles. The molecular weight excluding hydrogens is 346 g/mol. The highest BCUT2D eigenvalue weighted by atomic mass is 79.9. The lowest BCUT2D eigenvalue weighted by Gasteiger charge is -2.12. The fourth-order valence-corrected chi connectivity index (χ4v) is 3.79. The Morgan fingerprint density at radius 3 is 2.85 bits per heavy atom. The molecule has 0 saturated heterocycles. The molecule has 0 amide bonds. The Labute approximate surface area is 128 Å². The van der Waals surface area contributed by atoms with Gasteiger partial charge in [0, 0.05) is 14.6 Å². The van der Waals surface area contributed by atoms with Gasteiger partial charge in [0.15, 0.2) is 11.6 Å². The highest BCUT2D eigenvalue weighted by Gasteiger charge is 2.23. The van der Waals surface area contributed by atoms with Gasteiger partial charge in [-0.2, -0.15) is 4.39 Å². The van der Waals surface area contributed by atoms with Crippen LogP contribution in [-0.2, 0) is 6.42 Å². The van der Waals surface area contributed by atoms with E-state index in [4.69, 9.17) is 4.74 Å². The summed E-state index contributed by atoms with van der Waals surface area (Å²) in [5, 5.41) is 0.230. The molecule has 1 aliphatic rings. The van der Waals surface area contributed by atoms with Crippen LogP contribution >= 0.6 is 27.7 Å². The molecule has 5 heteroatoms. The molecule has 1 atom stereocenters. The van der Waals surface area contributed by atoms with Gasteiger partial charge < -0.3 is 4.74 Å². The third-order valence-electron chi connectivity index (χ3n) is 3.10. The first-order valence-corrected chi connectivity index (χ1v) is 7.82. The number of fused-ring (bicyclic) bond motifs is 1. The topological polar surface area (TPSA) is 9.23 Å². The predicted molar refractivity (Wildman–Crippen MR) is 79.3 cm³/mol. The highest BCUT2D eigenvalue weighted by Crippen LogP contribution is 2.37. The molecular formula is C15H11BrF2OS. The average molecular weight is 357 g/mol. The molecule has 3 rings (SSSR count). The van der Waals surface area contributed by atoms with Crippen LogP contribution in [0.15, 0.2) is 45.8 Å². The minimum atomic E-state index is -0.936. The molecule has 0 N–H and O–H groups in total. The van der Waals surface area contributed by atoms with E-state index < -0.39 is 11.6 Å². The number of hydrogen-bond acceptors (Lipinski definition) is 2. The SMILES string of the molecule is Fc1cc(Br)cc(OCC2Cc3ccccc3S2)c1F. The van der Waals surface area contributed by atoms with E-state index in [0.717, 1.165) is 12.5 Å². The molecule has 1 heterocycles. The fraction of sp³-hybridized carbons (Fsp3) is 0.200. The van der Waals surface area contributed by atoms with Gasteiger partial charge in [0.05, 0.1) is 0 Å². The maximum Gasteiger partial charge on any atom is 0.200 e.